The second-order valence-electron chi connectivity index (χ2n) is 5.38. The standard InChI is InChI=1S/C15H19N7O/c1-21(2)13(11-5-4-6-12(9-11)23-3)10-16-14-7-8-15-17-19-20-22(15)18-14/h4-9,13H,10H2,1-3H3,(H,16,18). The summed E-state index contributed by atoms with van der Waals surface area (Å²) in [6.45, 7) is 0.695. The Hall–Kier alpha value is -2.74. The van der Waals surface area contributed by atoms with E-state index >= 15 is 0 Å². The fourth-order valence-electron chi connectivity index (χ4n) is 2.39. The van der Waals surface area contributed by atoms with Crippen molar-refractivity contribution in [2.24, 2.45) is 0 Å². The quantitative estimate of drug-likeness (QED) is 0.733. The van der Waals surface area contributed by atoms with Crippen LogP contribution in [0.1, 0.15) is 11.6 Å². The summed E-state index contributed by atoms with van der Waals surface area (Å²) in [5, 5.41) is 18.9. The molecule has 0 amide bonds. The molecule has 0 bridgehead atoms. The highest BCUT2D eigenvalue weighted by molar-refractivity contribution is 5.42. The fourth-order valence-corrected chi connectivity index (χ4v) is 2.39. The molecule has 1 atom stereocenters. The van der Waals surface area contributed by atoms with E-state index in [2.05, 4.69) is 36.9 Å². The zero-order valence-electron chi connectivity index (χ0n) is 13.3. The van der Waals surface area contributed by atoms with Crippen molar-refractivity contribution in [3.8, 4) is 5.75 Å². The predicted octanol–water partition coefficient (Wildman–Crippen LogP) is 1.24. The Bertz CT molecular complexity index is 786. The molecule has 2 heterocycles. The van der Waals surface area contributed by atoms with Gasteiger partial charge in [0.05, 0.1) is 13.2 Å². The number of hydrogen-bond acceptors (Lipinski definition) is 7. The summed E-state index contributed by atoms with van der Waals surface area (Å²) in [6, 6.07) is 11.9. The minimum absolute atomic E-state index is 0.177. The molecule has 3 aromatic rings. The topological polar surface area (TPSA) is 80.5 Å². The lowest BCUT2D eigenvalue weighted by Crippen LogP contribution is -2.27. The van der Waals surface area contributed by atoms with E-state index in [9.17, 15) is 0 Å². The highest BCUT2D eigenvalue weighted by Gasteiger charge is 2.15. The molecule has 3 rings (SSSR count). The molecule has 0 saturated heterocycles. The van der Waals surface area contributed by atoms with Crippen LogP contribution in [-0.2, 0) is 0 Å². The second-order valence-corrected chi connectivity index (χ2v) is 5.38. The molecule has 8 nitrogen and oxygen atoms in total. The van der Waals surface area contributed by atoms with E-state index in [0.29, 0.717) is 12.2 Å². The second kappa shape index (κ2) is 6.57. The van der Waals surface area contributed by atoms with Gasteiger partial charge in [-0.3, -0.25) is 0 Å². The Balaban J connectivity index is 1.76. The van der Waals surface area contributed by atoms with Gasteiger partial charge < -0.3 is 15.0 Å². The summed E-state index contributed by atoms with van der Waals surface area (Å²) >= 11 is 0. The van der Waals surface area contributed by atoms with Crippen LogP contribution in [0.15, 0.2) is 36.4 Å². The molecule has 120 valence electrons. The van der Waals surface area contributed by atoms with Crippen molar-refractivity contribution in [2.75, 3.05) is 33.1 Å². The number of nitrogens with one attached hydrogen (secondary N) is 1. The van der Waals surface area contributed by atoms with Gasteiger partial charge in [-0.25, -0.2) is 0 Å². The van der Waals surface area contributed by atoms with E-state index in [-0.39, 0.29) is 6.04 Å². The third-order valence-corrected chi connectivity index (χ3v) is 3.65. The van der Waals surface area contributed by atoms with Crippen LogP contribution in [0.4, 0.5) is 5.82 Å². The normalized spacial score (nSPS) is 12.5. The number of benzene rings is 1. The maximum Gasteiger partial charge on any atom is 0.200 e. The summed E-state index contributed by atoms with van der Waals surface area (Å²) in [5.41, 5.74) is 1.79. The summed E-state index contributed by atoms with van der Waals surface area (Å²) in [5.74, 6) is 1.57. The highest BCUT2D eigenvalue weighted by Crippen LogP contribution is 2.23. The first-order valence-electron chi connectivity index (χ1n) is 7.27. The minimum Gasteiger partial charge on any atom is -0.497 e. The highest BCUT2D eigenvalue weighted by atomic mass is 16.5. The average molecular weight is 313 g/mol. The van der Waals surface area contributed by atoms with Crippen molar-refractivity contribution < 1.29 is 4.74 Å². The van der Waals surface area contributed by atoms with Gasteiger partial charge in [0.25, 0.3) is 0 Å². The van der Waals surface area contributed by atoms with Crippen molar-refractivity contribution in [2.45, 2.75) is 6.04 Å². The van der Waals surface area contributed by atoms with Crippen molar-refractivity contribution in [1.29, 1.82) is 0 Å². The largest absolute Gasteiger partial charge is 0.497 e. The van der Waals surface area contributed by atoms with Crippen LogP contribution in [0.2, 0.25) is 0 Å². The van der Waals surface area contributed by atoms with Crippen LogP contribution in [0, 0.1) is 0 Å². The predicted molar refractivity (Wildman–Crippen MR) is 86.5 cm³/mol. The van der Waals surface area contributed by atoms with Crippen LogP contribution in [-0.4, -0.2) is 57.9 Å². The molecular weight excluding hydrogens is 294 g/mol. The molecule has 23 heavy (non-hydrogen) atoms. The molecule has 8 heteroatoms. The van der Waals surface area contributed by atoms with Crippen molar-refractivity contribution in [3.63, 3.8) is 0 Å². The molecule has 0 aliphatic carbocycles. The van der Waals surface area contributed by atoms with Gasteiger partial charge in [0.15, 0.2) is 5.65 Å². The van der Waals surface area contributed by atoms with Gasteiger partial charge >= 0.3 is 0 Å². The molecule has 0 spiro atoms. The van der Waals surface area contributed by atoms with E-state index in [0.717, 1.165) is 11.6 Å². The van der Waals surface area contributed by atoms with Gasteiger partial charge in [0, 0.05) is 6.54 Å². The summed E-state index contributed by atoms with van der Waals surface area (Å²) in [6.07, 6.45) is 0. The number of aromatic nitrogens is 5. The number of fused-ring (bicyclic) bond motifs is 1. The maximum atomic E-state index is 5.31. The number of tetrazole rings is 1. The van der Waals surface area contributed by atoms with Crippen LogP contribution >= 0.6 is 0 Å². The first-order valence-corrected chi connectivity index (χ1v) is 7.27. The molecule has 0 aliphatic rings. The molecular formula is C15H19N7O. The fraction of sp³-hybridized carbons (Fsp3) is 0.333. The van der Waals surface area contributed by atoms with E-state index in [1.54, 1.807) is 7.11 Å². The van der Waals surface area contributed by atoms with E-state index in [1.807, 2.05) is 44.4 Å². The molecule has 1 N–H and O–H groups in total. The van der Waals surface area contributed by atoms with Crippen LogP contribution in [0.25, 0.3) is 5.65 Å². The average Bonchev–Trinajstić information content (AvgIpc) is 3.02. The first kappa shape index (κ1) is 15.2. The Morgan fingerprint density at radius 1 is 1.26 bits per heavy atom. The molecule has 0 fully saturated rings. The van der Waals surface area contributed by atoms with E-state index < -0.39 is 0 Å². The maximum absolute atomic E-state index is 5.31. The molecule has 1 unspecified atom stereocenters. The number of rotatable bonds is 6. The van der Waals surface area contributed by atoms with E-state index in [1.165, 1.54) is 10.2 Å². The molecule has 2 aromatic heterocycles. The lowest BCUT2D eigenvalue weighted by Gasteiger charge is -2.25. The number of ether oxygens (including phenoxy) is 1. The van der Waals surface area contributed by atoms with Gasteiger partial charge in [-0.15, -0.1) is 14.8 Å². The third-order valence-electron chi connectivity index (χ3n) is 3.65. The van der Waals surface area contributed by atoms with Crippen molar-refractivity contribution in [3.05, 3.63) is 42.0 Å². The minimum atomic E-state index is 0.177. The molecule has 0 saturated carbocycles. The van der Waals surface area contributed by atoms with Gasteiger partial charge in [-0.2, -0.15) is 0 Å². The number of nitrogens with zero attached hydrogens (tertiary/aromatic N) is 6. The summed E-state index contributed by atoms with van der Waals surface area (Å²) < 4.78 is 6.71. The van der Waals surface area contributed by atoms with Crippen LogP contribution in [0.3, 0.4) is 0 Å². The molecule has 1 aromatic carbocycles. The number of methoxy groups -OCH3 is 1. The first-order chi connectivity index (χ1) is 11.2. The van der Waals surface area contributed by atoms with Crippen LogP contribution in [0.5, 0.6) is 5.75 Å². The molecule has 0 aliphatic heterocycles. The number of anilines is 1. The van der Waals surface area contributed by atoms with Gasteiger partial charge in [0.1, 0.15) is 11.6 Å². The zero-order chi connectivity index (χ0) is 16.2. The van der Waals surface area contributed by atoms with Crippen LogP contribution < -0.4 is 10.1 Å². The third kappa shape index (κ3) is 3.37. The Morgan fingerprint density at radius 2 is 2.13 bits per heavy atom. The summed E-state index contributed by atoms with van der Waals surface area (Å²) in [4.78, 5) is 2.15. The molecule has 0 radical (unpaired) electrons. The number of hydrogen-bond donors (Lipinski definition) is 1. The zero-order valence-corrected chi connectivity index (χ0v) is 13.3. The Labute approximate surface area is 134 Å². The SMILES string of the molecule is COc1cccc(C(CNc2ccc3nnnn3n2)N(C)C)c1. The Kier molecular flexibility index (Phi) is 4.33. The monoisotopic (exact) mass is 313 g/mol. The van der Waals surface area contributed by atoms with Gasteiger partial charge in [0.2, 0.25) is 0 Å². The summed E-state index contributed by atoms with van der Waals surface area (Å²) in [7, 11) is 5.76. The lowest BCUT2D eigenvalue weighted by atomic mass is 10.1. The van der Waals surface area contributed by atoms with Crippen molar-refractivity contribution in [1.82, 2.24) is 30.2 Å². The Morgan fingerprint density at radius 3 is 2.91 bits per heavy atom. The lowest BCUT2D eigenvalue weighted by molar-refractivity contribution is 0.310. The van der Waals surface area contributed by atoms with Crippen molar-refractivity contribution >= 4 is 11.5 Å². The van der Waals surface area contributed by atoms with Gasteiger partial charge in [-0.1, -0.05) is 12.1 Å². The smallest absolute Gasteiger partial charge is 0.200 e. The number of likely N-dealkylation sites (N-methyl/N-ethyl adjacent to an activating group) is 1. The van der Waals surface area contributed by atoms with E-state index in [4.69, 9.17) is 4.74 Å². The van der Waals surface area contributed by atoms with Gasteiger partial charge in [-0.05, 0) is 54.4 Å².